The zero-order chi connectivity index (χ0) is 14.8. The zero-order valence-electron chi connectivity index (χ0n) is 13.2. The van der Waals surface area contributed by atoms with Crippen molar-refractivity contribution in [3.8, 4) is 0 Å². The van der Waals surface area contributed by atoms with Gasteiger partial charge in [-0.3, -0.25) is 0 Å². The predicted molar refractivity (Wildman–Crippen MR) is 87.3 cm³/mol. The molecule has 3 heteroatoms. The Morgan fingerprint density at radius 3 is 2.40 bits per heavy atom. The monoisotopic (exact) mass is 278 g/mol. The highest BCUT2D eigenvalue weighted by Gasteiger charge is 2.20. The Kier molecular flexibility index (Phi) is 7.63. The molecule has 2 N–H and O–H groups in total. The van der Waals surface area contributed by atoms with E-state index in [2.05, 4.69) is 61.3 Å². The van der Waals surface area contributed by atoms with Gasteiger partial charge in [0.2, 0.25) is 0 Å². The lowest BCUT2D eigenvalue weighted by molar-refractivity contribution is 0.165. The van der Waals surface area contributed by atoms with Crippen molar-refractivity contribution < 1.29 is 5.11 Å². The van der Waals surface area contributed by atoms with Crippen molar-refractivity contribution in [2.75, 3.05) is 31.1 Å². The molecule has 0 aromatic heterocycles. The molecule has 0 fully saturated rings. The van der Waals surface area contributed by atoms with Crippen LogP contribution in [0.2, 0.25) is 0 Å². The number of nitrogens with zero attached hydrogens (tertiary/aromatic N) is 1. The summed E-state index contributed by atoms with van der Waals surface area (Å²) in [5, 5.41) is 12.9. The fourth-order valence-electron chi connectivity index (χ4n) is 2.58. The van der Waals surface area contributed by atoms with Crippen LogP contribution >= 0.6 is 0 Å². The van der Waals surface area contributed by atoms with Crippen molar-refractivity contribution in [2.45, 2.75) is 45.6 Å². The normalized spacial score (nSPS) is 14.0. The van der Waals surface area contributed by atoms with Gasteiger partial charge >= 0.3 is 0 Å². The fraction of sp³-hybridized carbons (Fsp3) is 0.647. The molecule has 0 saturated heterocycles. The third-order valence-corrected chi connectivity index (χ3v) is 3.86. The van der Waals surface area contributed by atoms with Crippen LogP contribution < -0.4 is 10.2 Å². The minimum atomic E-state index is -0.126. The predicted octanol–water partition coefficient (Wildman–Crippen LogP) is 3.04. The van der Waals surface area contributed by atoms with Crippen LogP contribution in [0.15, 0.2) is 30.3 Å². The first-order valence-corrected chi connectivity index (χ1v) is 7.81. The highest BCUT2D eigenvalue weighted by molar-refractivity contribution is 5.45. The van der Waals surface area contributed by atoms with Crippen molar-refractivity contribution in [1.82, 2.24) is 5.32 Å². The van der Waals surface area contributed by atoms with Crippen molar-refractivity contribution in [2.24, 2.45) is 0 Å². The quantitative estimate of drug-likeness (QED) is 0.646. The first kappa shape index (κ1) is 17.0. The average molecular weight is 278 g/mol. The van der Waals surface area contributed by atoms with Gasteiger partial charge in [0, 0.05) is 24.3 Å². The molecule has 1 unspecified atom stereocenters. The zero-order valence-corrected chi connectivity index (χ0v) is 13.2. The maximum absolute atomic E-state index is 9.48. The number of rotatable bonds is 10. The van der Waals surface area contributed by atoms with Crippen molar-refractivity contribution in [3.05, 3.63) is 30.3 Å². The molecule has 1 aromatic carbocycles. The number of unbranched alkanes of at least 4 members (excludes halogenated alkanes) is 1. The van der Waals surface area contributed by atoms with E-state index in [-0.39, 0.29) is 12.1 Å². The number of likely N-dealkylation sites (N-methyl/N-ethyl adjacent to an activating group) is 1. The number of aliphatic hydroxyl groups is 1. The van der Waals surface area contributed by atoms with E-state index in [0.717, 1.165) is 38.9 Å². The van der Waals surface area contributed by atoms with Gasteiger partial charge < -0.3 is 15.3 Å². The molecular weight excluding hydrogens is 248 g/mol. The summed E-state index contributed by atoms with van der Waals surface area (Å²) in [7, 11) is 0. The van der Waals surface area contributed by atoms with Crippen LogP contribution in [0, 0.1) is 0 Å². The molecule has 0 aliphatic heterocycles. The second-order valence-electron chi connectivity index (χ2n) is 5.62. The van der Waals surface area contributed by atoms with Crippen LogP contribution in [0.25, 0.3) is 0 Å². The smallest absolute Gasteiger partial charge is 0.0610 e. The van der Waals surface area contributed by atoms with E-state index in [1.807, 2.05) is 0 Å². The van der Waals surface area contributed by atoms with E-state index in [9.17, 15) is 5.11 Å². The fourth-order valence-corrected chi connectivity index (χ4v) is 2.58. The van der Waals surface area contributed by atoms with E-state index in [1.54, 1.807) is 0 Å². The van der Waals surface area contributed by atoms with E-state index in [4.69, 9.17) is 0 Å². The molecule has 0 saturated carbocycles. The third-order valence-electron chi connectivity index (χ3n) is 3.86. The van der Waals surface area contributed by atoms with Crippen LogP contribution in [0.4, 0.5) is 5.69 Å². The summed E-state index contributed by atoms with van der Waals surface area (Å²) in [6, 6.07) is 10.6. The molecular formula is C17H30N2O. The van der Waals surface area contributed by atoms with Gasteiger partial charge in [-0.05, 0) is 51.8 Å². The SMILES string of the molecule is CCNC(C)(CO)CCCCN(CC)c1ccccc1. The molecule has 0 spiro atoms. The van der Waals surface area contributed by atoms with E-state index in [0.29, 0.717) is 0 Å². The average Bonchev–Trinajstić information content (AvgIpc) is 2.48. The van der Waals surface area contributed by atoms with Crippen LogP contribution in [0.5, 0.6) is 0 Å². The van der Waals surface area contributed by atoms with Gasteiger partial charge in [-0.1, -0.05) is 25.1 Å². The molecule has 0 amide bonds. The minimum Gasteiger partial charge on any atom is -0.394 e. The van der Waals surface area contributed by atoms with Crippen LogP contribution in [-0.2, 0) is 0 Å². The standard InChI is InChI=1S/C17H30N2O/c1-4-18-17(3,15-20)13-9-10-14-19(5-2)16-11-7-6-8-12-16/h6-8,11-12,18,20H,4-5,9-10,13-15H2,1-3H3. The largest absolute Gasteiger partial charge is 0.394 e. The van der Waals surface area contributed by atoms with E-state index >= 15 is 0 Å². The van der Waals surface area contributed by atoms with Gasteiger partial charge in [-0.2, -0.15) is 0 Å². The molecule has 114 valence electrons. The van der Waals surface area contributed by atoms with Gasteiger partial charge in [0.1, 0.15) is 0 Å². The Morgan fingerprint density at radius 1 is 1.15 bits per heavy atom. The summed E-state index contributed by atoms with van der Waals surface area (Å²) in [6.07, 6.45) is 3.31. The maximum atomic E-state index is 9.48. The summed E-state index contributed by atoms with van der Waals surface area (Å²) in [4.78, 5) is 2.41. The van der Waals surface area contributed by atoms with E-state index in [1.165, 1.54) is 5.69 Å². The lowest BCUT2D eigenvalue weighted by atomic mass is 9.95. The number of aliphatic hydroxyl groups excluding tert-OH is 1. The first-order valence-electron chi connectivity index (χ1n) is 7.81. The van der Waals surface area contributed by atoms with Crippen molar-refractivity contribution in [3.63, 3.8) is 0 Å². The summed E-state index contributed by atoms with van der Waals surface area (Å²) in [5.74, 6) is 0. The van der Waals surface area contributed by atoms with Crippen molar-refractivity contribution >= 4 is 5.69 Å². The second kappa shape index (κ2) is 8.98. The number of nitrogens with one attached hydrogen (secondary N) is 1. The highest BCUT2D eigenvalue weighted by Crippen LogP contribution is 2.16. The van der Waals surface area contributed by atoms with Gasteiger partial charge in [0.25, 0.3) is 0 Å². The molecule has 0 radical (unpaired) electrons. The third kappa shape index (κ3) is 5.51. The Balaban J connectivity index is 2.35. The van der Waals surface area contributed by atoms with Gasteiger partial charge in [-0.15, -0.1) is 0 Å². The minimum absolute atomic E-state index is 0.126. The molecule has 1 rings (SSSR count). The molecule has 1 aromatic rings. The van der Waals surface area contributed by atoms with Crippen LogP contribution in [0.1, 0.15) is 40.0 Å². The van der Waals surface area contributed by atoms with Gasteiger partial charge in [-0.25, -0.2) is 0 Å². The molecule has 0 aliphatic rings. The topological polar surface area (TPSA) is 35.5 Å². The number of para-hydroxylation sites is 1. The Labute approximate surface area is 124 Å². The Hall–Kier alpha value is -1.06. The first-order chi connectivity index (χ1) is 9.65. The molecule has 0 aliphatic carbocycles. The lowest BCUT2D eigenvalue weighted by Crippen LogP contribution is -2.45. The Morgan fingerprint density at radius 2 is 1.85 bits per heavy atom. The molecule has 0 heterocycles. The highest BCUT2D eigenvalue weighted by atomic mass is 16.3. The van der Waals surface area contributed by atoms with Crippen LogP contribution in [-0.4, -0.2) is 36.9 Å². The maximum Gasteiger partial charge on any atom is 0.0610 e. The second-order valence-corrected chi connectivity index (χ2v) is 5.62. The van der Waals surface area contributed by atoms with Crippen LogP contribution in [0.3, 0.4) is 0 Å². The molecule has 1 atom stereocenters. The van der Waals surface area contributed by atoms with Crippen molar-refractivity contribution in [1.29, 1.82) is 0 Å². The van der Waals surface area contributed by atoms with E-state index < -0.39 is 0 Å². The summed E-state index contributed by atoms with van der Waals surface area (Å²) in [6.45, 7) is 9.61. The molecule has 0 bridgehead atoms. The van der Waals surface area contributed by atoms with Gasteiger partial charge in [0.05, 0.1) is 6.61 Å². The number of benzene rings is 1. The Bertz CT molecular complexity index is 355. The number of hydrogen-bond donors (Lipinski definition) is 2. The molecule has 3 nitrogen and oxygen atoms in total. The summed E-state index contributed by atoms with van der Waals surface area (Å²) in [5.41, 5.74) is 1.17. The molecule has 20 heavy (non-hydrogen) atoms. The van der Waals surface area contributed by atoms with Gasteiger partial charge in [0.15, 0.2) is 0 Å². The summed E-state index contributed by atoms with van der Waals surface area (Å²) >= 11 is 0. The lowest BCUT2D eigenvalue weighted by Gasteiger charge is -2.29. The number of hydrogen-bond acceptors (Lipinski definition) is 3. The summed E-state index contributed by atoms with van der Waals surface area (Å²) < 4.78 is 0. The number of anilines is 1.